The largest absolute Gasteiger partial charge is 0.338 e. The van der Waals surface area contributed by atoms with Crippen molar-refractivity contribution in [2.24, 2.45) is 0 Å². The zero-order chi connectivity index (χ0) is 12.1. The van der Waals surface area contributed by atoms with E-state index < -0.39 is 29.6 Å². The summed E-state index contributed by atoms with van der Waals surface area (Å²) in [6, 6.07) is 2.02. The summed E-state index contributed by atoms with van der Waals surface area (Å²) in [6.07, 6.45) is -1.23. The van der Waals surface area contributed by atoms with Crippen LogP contribution < -0.4 is 0 Å². The van der Waals surface area contributed by atoms with Crippen LogP contribution in [0.4, 0.5) is 22.0 Å². The highest BCUT2D eigenvalue weighted by atomic mass is 79.9. The Morgan fingerprint density at radius 2 is 1.75 bits per heavy atom. The van der Waals surface area contributed by atoms with E-state index in [1.54, 1.807) is 0 Å². The van der Waals surface area contributed by atoms with Gasteiger partial charge >= 0.3 is 11.8 Å². The number of hydrogen-bond donors (Lipinski definition) is 0. The Morgan fingerprint density at radius 3 is 2.38 bits per heavy atom. The highest BCUT2D eigenvalue weighted by Crippen LogP contribution is 2.51. The second-order valence-electron chi connectivity index (χ2n) is 3.70. The molecule has 16 heavy (non-hydrogen) atoms. The third-order valence-electron chi connectivity index (χ3n) is 2.62. The van der Waals surface area contributed by atoms with E-state index in [1.165, 1.54) is 6.07 Å². The normalized spacial score (nSPS) is 21.6. The van der Waals surface area contributed by atoms with Crippen molar-refractivity contribution in [3.8, 4) is 0 Å². The summed E-state index contributed by atoms with van der Waals surface area (Å²) in [6.45, 7) is 0. The number of rotatable bonds is 0. The molecule has 1 aliphatic carbocycles. The molecule has 0 nitrogen and oxygen atoms in total. The fourth-order valence-corrected chi connectivity index (χ4v) is 2.28. The van der Waals surface area contributed by atoms with Crippen LogP contribution >= 0.6 is 15.9 Å². The summed E-state index contributed by atoms with van der Waals surface area (Å²) < 4.78 is 66.3. The van der Waals surface area contributed by atoms with E-state index in [9.17, 15) is 22.0 Å². The van der Waals surface area contributed by atoms with Gasteiger partial charge in [0.2, 0.25) is 0 Å². The van der Waals surface area contributed by atoms with Crippen LogP contribution in [-0.4, -0.2) is 5.92 Å². The average Bonchev–Trinajstić information content (AvgIpc) is 2.11. The first-order valence-corrected chi connectivity index (χ1v) is 5.29. The van der Waals surface area contributed by atoms with Gasteiger partial charge in [-0.15, -0.1) is 0 Å². The number of hydrogen-bond acceptors (Lipinski definition) is 0. The minimum Gasteiger partial charge on any atom is -0.206 e. The van der Waals surface area contributed by atoms with Crippen molar-refractivity contribution in [1.82, 2.24) is 0 Å². The van der Waals surface area contributed by atoms with Crippen LogP contribution in [0.25, 0.3) is 0 Å². The zero-order valence-corrected chi connectivity index (χ0v) is 9.42. The number of halogens is 6. The second-order valence-corrected chi connectivity index (χ2v) is 4.62. The van der Waals surface area contributed by atoms with E-state index in [0.29, 0.717) is 0 Å². The lowest BCUT2D eigenvalue weighted by atomic mass is 9.85. The molecule has 6 heteroatoms. The molecular formula is C10H6BrF5. The van der Waals surface area contributed by atoms with Crippen LogP contribution in [0.5, 0.6) is 0 Å². The molecule has 0 fully saturated rings. The topological polar surface area (TPSA) is 0 Å². The molecule has 0 saturated heterocycles. The number of benzene rings is 1. The van der Waals surface area contributed by atoms with Crippen molar-refractivity contribution < 1.29 is 22.0 Å². The van der Waals surface area contributed by atoms with Gasteiger partial charge < -0.3 is 0 Å². The van der Waals surface area contributed by atoms with Gasteiger partial charge in [0.15, 0.2) is 0 Å². The first-order valence-electron chi connectivity index (χ1n) is 4.50. The Morgan fingerprint density at radius 1 is 1.12 bits per heavy atom. The van der Waals surface area contributed by atoms with Gasteiger partial charge in [-0.1, -0.05) is 15.9 Å². The van der Waals surface area contributed by atoms with Crippen LogP contribution in [0.15, 0.2) is 16.6 Å². The molecular weight excluding hydrogens is 295 g/mol. The lowest BCUT2D eigenvalue weighted by molar-refractivity contribution is -0.226. The Bertz CT molecular complexity index is 441. The second kappa shape index (κ2) is 3.42. The van der Waals surface area contributed by atoms with E-state index in [4.69, 9.17) is 0 Å². The lowest BCUT2D eigenvalue weighted by Gasteiger charge is -2.33. The minimum atomic E-state index is -4.44. The molecule has 0 amide bonds. The summed E-state index contributed by atoms with van der Waals surface area (Å²) >= 11 is 2.93. The fraction of sp³-hybridized carbons (Fsp3) is 0.400. The molecule has 2 rings (SSSR count). The maximum Gasteiger partial charge on any atom is 0.338 e. The van der Waals surface area contributed by atoms with Gasteiger partial charge in [0, 0.05) is 10.9 Å². The van der Waals surface area contributed by atoms with Gasteiger partial charge in [0.1, 0.15) is 5.82 Å². The number of alkyl halides is 4. The molecule has 0 aromatic heterocycles. The highest BCUT2D eigenvalue weighted by Gasteiger charge is 2.61. The molecule has 0 atom stereocenters. The van der Waals surface area contributed by atoms with Crippen molar-refractivity contribution in [1.29, 1.82) is 0 Å². The van der Waals surface area contributed by atoms with Crippen LogP contribution in [0, 0.1) is 5.82 Å². The highest BCUT2D eigenvalue weighted by molar-refractivity contribution is 9.10. The van der Waals surface area contributed by atoms with Crippen LogP contribution in [-0.2, 0) is 12.3 Å². The quantitative estimate of drug-likeness (QED) is 0.628. The van der Waals surface area contributed by atoms with E-state index in [0.717, 1.165) is 6.07 Å². The molecule has 0 aliphatic heterocycles. The maximum atomic E-state index is 13.4. The molecule has 88 valence electrons. The molecule has 0 spiro atoms. The van der Waals surface area contributed by atoms with Crippen LogP contribution in [0.3, 0.4) is 0 Å². The van der Waals surface area contributed by atoms with Gasteiger partial charge in [-0.2, -0.15) is 17.6 Å². The zero-order valence-electron chi connectivity index (χ0n) is 7.84. The maximum absolute atomic E-state index is 13.4. The van der Waals surface area contributed by atoms with Gasteiger partial charge in [-0.3, -0.25) is 0 Å². The summed E-state index contributed by atoms with van der Waals surface area (Å²) in [5, 5.41) is 0. The van der Waals surface area contributed by atoms with Crippen molar-refractivity contribution in [2.45, 2.75) is 24.7 Å². The summed E-state index contributed by atoms with van der Waals surface area (Å²) in [5.41, 5.74) is -1.24. The van der Waals surface area contributed by atoms with Gasteiger partial charge in [0.25, 0.3) is 0 Å². The van der Waals surface area contributed by atoms with Gasteiger partial charge in [-0.25, -0.2) is 4.39 Å². The predicted octanol–water partition coefficient (Wildman–Crippen LogP) is 4.26. The SMILES string of the molecule is Fc1cc(Br)cc2c1C(F)(F)C(F)(F)CC2. The Labute approximate surface area is 96.6 Å². The van der Waals surface area contributed by atoms with Crippen LogP contribution in [0.2, 0.25) is 0 Å². The van der Waals surface area contributed by atoms with E-state index >= 15 is 0 Å². The minimum absolute atomic E-state index is 0.0669. The molecule has 1 aliphatic rings. The van der Waals surface area contributed by atoms with E-state index in [1.807, 2.05) is 0 Å². The molecule has 0 N–H and O–H groups in total. The molecule has 0 bridgehead atoms. The van der Waals surface area contributed by atoms with Gasteiger partial charge in [-0.05, 0) is 24.1 Å². The average molecular weight is 301 g/mol. The van der Waals surface area contributed by atoms with Crippen LogP contribution in [0.1, 0.15) is 17.5 Å². The van der Waals surface area contributed by atoms with Gasteiger partial charge in [0.05, 0.1) is 5.56 Å². The summed E-state index contributed by atoms with van der Waals surface area (Å²) in [5.74, 6) is -9.92. The molecule has 0 radical (unpaired) electrons. The first-order chi connectivity index (χ1) is 7.25. The molecule has 1 aromatic rings. The van der Waals surface area contributed by atoms with Crippen molar-refractivity contribution in [2.75, 3.05) is 0 Å². The Kier molecular flexibility index (Phi) is 2.53. The third kappa shape index (κ3) is 1.54. The number of aryl methyl sites for hydroxylation is 1. The van der Waals surface area contributed by atoms with Crippen molar-refractivity contribution in [3.63, 3.8) is 0 Å². The smallest absolute Gasteiger partial charge is 0.206 e. The molecule has 0 saturated carbocycles. The molecule has 0 unspecified atom stereocenters. The molecule has 1 aromatic carbocycles. The third-order valence-corrected chi connectivity index (χ3v) is 3.08. The summed E-state index contributed by atoms with van der Waals surface area (Å²) in [7, 11) is 0. The molecule has 0 heterocycles. The Balaban J connectivity index is 2.68. The van der Waals surface area contributed by atoms with E-state index in [-0.39, 0.29) is 16.5 Å². The summed E-state index contributed by atoms with van der Waals surface area (Å²) in [4.78, 5) is 0. The monoisotopic (exact) mass is 300 g/mol. The standard InChI is InChI=1S/C10H6BrF5/c11-6-3-5-1-2-9(13,14)10(15,16)8(5)7(12)4-6/h3-4H,1-2H2. The Hall–Kier alpha value is -0.650. The van der Waals surface area contributed by atoms with E-state index in [2.05, 4.69) is 15.9 Å². The first kappa shape index (κ1) is 11.8. The van der Waals surface area contributed by atoms with Crippen molar-refractivity contribution >= 4 is 15.9 Å². The van der Waals surface area contributed by atoms with Crippen molar-refractivity contribution in [3.05, 3.63) is 33.5 Å². The number of fused-ring (bicyclic) bond motifs is 1. The predicted molar refractivity (Wildman–Crippen MR) is 51.3 cm³/mol. The fourth-order valence-electron chi connectivity index (χ4n) is 1.81. The lowest BCUT2D eigenvalue weighted by Crippen LogP contribution is -2.43.